The Balaban J connectivity index is 1.32. The molecule has 5 atom stereocenters. The van der Waals surface area contributed by atoms with Gasteiger partial charge in [0.15, 0.2) is 0 Å². The molecule has 3 heterocycles. The first-order valence-electron chi connectivity index (χ1n) is 17.9. The Hall–Kier alpha value is -4.08. The van der Waals surface area contributed by atoms with Gasteiger partial charge in [0.05, 0.1) is 30.2 Å². The van der Waals surface area contributed by atoms with E-state index in [9.17, 15) is 22.8 Å². The van der Waals surface area contributed by atoms with Gasteiger partial charge in [0.2, 0.25) is 11.8 Å². The molecule has 280 valence electrons. The molecule has 1 aliphatic heterocycles. The van der Waals surface area contributed by atoms with Gasteiger partial charge in [-0.25, -0.2) is 14.7 Å². The number of thiazole rings is 1. The molecule has 13 nitrogen and oxygen atoms in total. The van der Waals surface area contributed by atoms with E-state index in [0.717, 1.165) is 39.7 Å². The Bertz CT molecular complexity index is 1980. The summed E-state index contributed by atoms with van der Waals surface area (Å²) in [6.45, 7) is 6.55. The number of ether oxygens (including phenoxy) is 2. The number of benzene rings is 1. The fourth-order valence-corrected chi connectivity index (χ4v) is 8.88. The quantitative estimate of drug-likeness (QED) is 0.297. The number of hydrogen-bond acceptors (Lipinski definition) is 10. The Morgan fingerprint density at radius 3 is 2.65 bits per heavy atom. The molecule has 1 aromatic carbocycles. The second-order valence-corrected chi connectivity index (χ2v) is 17.0. The third-order valence-electron chi connectivity index (χ3n) is 10.5. The van der Waals surface area contributed by atoms with Crippen LogP contribution in [0.1, 0.15) is 70.9 Å². The Labute approximate surface area is 309 Å². The molecular weight excluding hydrogens is 705 g/mol. The number of aromatic nitrogens is 2. The van der Waals surface area contributed by atoms with Gasteiger partial charge in [0.1, 0.15) is 33.8 Å². The Morgan fingerprint density at radius 2 is 1.94 bits per heavy atom. The van der Waals surface area contributed by atoms with Gasteiger partial charge in [-0.15, -0.1) is 11.3 Å². The van der Waals surface area contributed by atoms with Crippen molar-refractivity contribution in [2.45, 2.75) is 76.9 Å². The summed E-state index contributed by atoms with van der Waals surface area (Å²) in [6.07, 6.45) is 6.43. The predicted octanol–water partition coefficient (Wildman–Crippen LogP) is 4.65. The van der Waals surface area contributed by atoms with Crippen molar-refractivity contribution < 1.29 is 32.3 Å². The smallest absolute Gasteiger partial charge is 0.303 e. The van der Waals surface area contributed by atoms with Gasteiger partial charge in [-0.05, 0) is 56.6 Å². The van der Waals surface area contributed by atoms with E-state index in [2.05, 4.69) is 23.9 Å². The Morgan fingerprint density at radius 1 is 1.17 bits per heavy atom. The molecule has 0 bridgehead atoms. The predicted molar refractivity (Wildman–Crippen MR) is 199 cm³/mol. The third kappa shape index (κ3) is 7.67. The van der Waals surface area contributed by atoms with Crippen LogP contribution in [-0.4, -0.2) is 91.2 Å². The lowest BCUT2D eigenvalue weighted by Gasteiger charge is -2.27. The number of allylic oxidation sites excluding steroid dienone is 1. The Kier molecular flexibility index (Phi) is 10.9. The van der Waals surface area contributed by atoms with Crippen LogP contribution in [0.25, 0.3) is 21.6 Å². The van der Waals surface area contributed by atoms with Crippen LogP contribution in [0.4, 0.5) is 0 Å². The summed E-state index contributed by atoms with van der Waals surface area (Å²) in [5.74, 6) is -1.89. The summed E-state index contributed by atoms with van der Waals surface area (Å²) in [7, 11) is 0.609. The summed E-state index contributed by atoms with van der Waals surface area (Å²) in [5, 5.41) is 6.45. The number of hydrogen-bond donors (Lipinski definition) is 2. The van der Waals surface area contributed by atoms with Crippen molar-refractivity contribution in [1.29, 1.82) is 0 Å². The lowest BCUT2D eigenvalue weighted by Crippen LogP contribution is -2.55. The molecule has 2 N–H and O–H groups in total. The van der Waals surface area contributed by atoms with Crippen molar-refractivity contribution in [2.24, 2.45) is 17.8 Å². The molecule has 15 heteroatoms. The lowest BCUT2D eigenvalue weighted by molar-refractivity contribution is -0.140. The van der Waals surface area contributed by atoms with Crippen molar-refractivity contribution >= 4 is 50.2 Å². The highest BCUT2D eigenvalue weighted by Gasteiger charge is 2.62. The molecule has 0 spiro atoms. The largest absolute Gasteiger partial charge is 0.497 e. The van der Waals surface area contributed by atoms with E-state index in [1.807, 2.05) is 41.8 Å². The molecule has 2 aromatic heterocycles. The van der Waals surface area contributed by atoms with Crippen LogP contribution < -0.4 is 19.5 Å². The van der Waals surface area contributed by atoms with E-state index >= 15 is 0 Å². The zero-order chi connectivity index (χ0) is 37.4. The van der Waals surface area contributed by atoms with Crippen LogP contribution in [0, 0.1) is 17.8 Å². The van der Waals surface area contributed by atoms with Gasteiger partial charge in [-0.1, -0.05) is 32.9 Å². The maximum Gasteiger partial charge on any atom is 0.303 e. The zero-order valence-electron chi connectivity index (χ0n) is 30.5. The van der Waals surface area contributed by atoms with Crippen molar-refractivity contribution in [3.05, 3.63) is 47.5 Å². The van der Waals surface area contributed by atoms with Gasteiger partial charge in [-0.2, -0.15) is 12.7 Å². The topological polar surface area (TPSA) is 160 Å². The molecule has 3 aromatic rings. The van der Waals surface area contributed by atoms with Gasteiger partial charge in [-0.3, -0.25) is 14.4 Å². The number of amides is 3. The molecule has 52 heavy (non-hydrogen) atoms. The van der Waals surface area contributed by atoms with E-state index in [0.29, 0.717) is 29.3 Å². The third-order valence-corrected chi connectivity index (χ3v) is 12.9. The van der Waals surface area contributed by atoms with Crippen LogP contribution in [0.15, 0.2) is 41.8 Å². The second-order valence-electron chi connectivity index (χ2n) is 14.4. The lowest BCUT2D eigenvalue weighted by atomic mass is 9.93. The number of fused-ring (bicyclic) bond motifs is 3. The van der Waals surface area contributed by atoms with Crippen LogP contribution in [0.2, 0.25) is 0 Å². The summed E-state index contributed by atoms with van der Waals surface area (Å²) >= 11 is 1.50. The fraction of sp³-hybridized carbons (Fsp3) is 0.541. The number of nitrogens with one attached hydrogen (secondary N) is 2. The minimum Gasteiger partial charge on any atom is -0.497 e. The molecule has 2 aliphatic carbocycles. The summed E-state index contributed by atoms with van der Waals surface area (Å²) in [6, 6.07) is 7.41. The average molecular weight is 753 g/mol. The van der Waals surface area contributed by atoms with Gasteiger partial charge in [0.25, 0.3) is 5.91 Å². The first-order chi connectivity index (χ1) is 24.8. The highest BCUT2D eigenvalue weighted by atomic mass is 32.2. The average Bonchev–Trinajstić information content (AvgIpc) is 3.42. The number of carbonyl (C=O) groups is 3. The van der Waals surface area contributed by atoms with Crippen molar-refractivity contribution in [1.82, 2.24) is 29.2 Å². The molecule has 0 unspecified atom stereocenters. The molecule has 3 aliphatic rings. The molecule has 0 radical (unpaired) electrons. The number of pyridine rings is 1. The number of methoxy groups -OCH3 is 1. The SMILES string of the molecule is CCN(C)S(=O)(=O)NC(=O)[C@@]12C[C@@H]1/C=C\CCCCN(C)C(=O)[C@@H]1C[C@H](Oc3cc(-c4nc(C(C)C)cs4)nc4cc(OC)ccc34)C[C@H]1C(=O)N2. The van der Waals surface area contributed by atoms with Gasteiger partial charge < -0.3 is 19.7 Å². The fourth-order valence-electron chi connectivity index (χ4n) is 7.02. The second kappa shape index (κ2) is 15.1. The molecule has 3 amide bonds. The van der Waals surface area contributed by atoms with E-state index in [4.69, 9.17) is 19.4 Å². The molecular formula is C37H48N6O7S2. The molecule has 0 saturated heterocycles. The summed E-state index contributed by atoms with van der Waals surface area (Å²) in [5.41, 5.74) is 0.815. The number of carbonyl (C=O) groups excluding carboxylic acids is 3. The van der Waals surface area contributed by atoms with Crippen LogP contribution in [0.5, 0.6) is 11.5 Å². The van der Waals surface area contributed by atoms with E-state index in [1.54, 1.807) is 26.0 Å². The van der Waals surface area contributed by atoms with Crippen molar-refractivity contribution in [3.63, 3.8) is 0 Å². The zero-order valence-corrected chi connectivity index (χ0v) is 32.2. The van der Waals surface area contributed by atoms with Crippen LogP contribution in [0.3, 0.4) is 0 Å². The van der Waals surface area contributed by atoms with E-state index in [-0.39, 0.29) is 43.6 Å². The summed E-state index contributed by atoms with van der Waals surface area (Å²) in [4.78, 5) is 53.3. The van der Waals surface area contributed by atoms with Crippen molar-refractivity contribution in [3.8, 4) is 22.2 Å². The van der Waals surface area contributed by atoms with Crippen LogP contribution >= 0.6 is 11.3 Å². The van der Waals surface area contributed by atoms with E-state index in [1.165, 1.54) is 18.4 Å². The molecule has 6 rings (SSSR count). The van der Waals surface area contributed by atoms with Gasteiger partial charge >= 0.3 is 10.2 Å². The highest BCUT2D eigenvalue weighted by molar-refractivity contribution is 7.87. The molecule has 2 fully saturated rings. The van der Waals surface area contributed by atoms with Crippen LogP contribution in [-0.2, 0) is 24.6 Å². The minimum atomic E-state index is -4.11. The van der Waals surface area contributed by atoms with E-state index < -0.39 is 45.5 Å². The first kappa shape index (κ1) is 37.7. The highest BCUT2D eigenvalue weighted by Crippen LogP contribution is 2.47. The van der Waals surface area contributed by atoms with Gasteiger partial charge in [0, 0.05) is 56.0 Å². The number of rotatable bonds is 9. The standard InChI is InChI=1S/C37H48N6O7S2/c1-7-43(5)52(47,48)41-36(46)37-20-23(37)12-10-8-9-11-15-42(4)35(45)28-17-25(16-27(28)33(44)40-37)50-32-19-30(34-39-31(21-51-34)22(2)3)38-29-18-24(49-6)13-14-26(29)32/h10,12-14,18-19,21-23,25,27-28H,7-9,11,15-17,20H2,1-6H3,(H,40,44)(H,41,46)/b12-10-/t23-,25+,27+,28+,37+/m0/s1. The number of nitrogens with zero attached hydrogens (tertiary/aromatic N) is 4. The summed E-state index contributed by atoms with van der Waals surface area (Å²) < 4.78 is 41.1. The monoisotopic (exact) mass is 752 g/mol. The maximum absolute atomic E-state index is 14.3. The minimum absolute atomic E-state index is 0.161. The normalized spacial score (nSPS) is 26.0. The molecule has 2 saturated carbocycles. The maximum atomic E-state index is 14.3. The first-order valence-corrected chi connectivity index (χ1v) is 20.2. The van der Waals surface area contributed by atoms with Crippen molar-refractivity contribution in [2.75, 3.05) is 34.3 Å².